The standard InChI is InChI=1S/C19H26F2N6O2S/c1-4-16-24-19(30-25-16)27-9-7-26(8-10-27)18(22-2)23-12-13-5-6-14(28-3)11-15(13)29-17(20)21/h5-6,11,17H,4,7-10,12H2,1-3H3,(H,22,23). The van der Waals surface area contributed by atoms with Crippen molar-refractivity contribution in [3.8, 4) is 11.5 Å². The Hall–Kier alpha value is -2.69. The van der Waals surface area contributed by atoms with Gasteiger partial charge in [0.05, 0.1) is 7.11 Å². The van der Waals surface area contributed by atoms with Crippen LogP contribution in [0.5, 0.6) is 11.5 Å². The molecule has 11 heteroatoms. The average molecular weight is 441 g/mol. The summed E-state index contributed by atoms with van der Waals surface area (Å²) in [5.74, 6) is 2.12. The van der Waals surface area contributed by atoms with Crippen molar-refractivity contribution < 1.29 is 18.3 Å². The SMILES string of the molecule is CCc1nsc(N2CCN(C(=NC)NCc3ccc(OC)cc3OC(F)F)CC2)n1. The summed E-state index contributed by atoms with van der Waals surface area (Å²) >= 11 is 1.43. The molecule has 0 amide bonds. The van der Waals surface area contributed by atoms with Gasteiger partial charge in [-0.2, -0.15) is 13.2 Å². The zero-order chi connectivity index (χ0) is 21.5. The third-order valence-electron chi connectivity index (χ3n) is 4.76. The van der Waals surface area contributed by atoms with E-state index < -0.39 is 6.61 Å². The number of benzene rings is 1. The molecule has 8 nitrogen and oxygen atoms in total. The van der Waals surface area contributed by atoms with Crippen LogP contribution in [0, 0.1) is 0 Å². The summed E-state index contributed by atoms with van der Waals surface area (Å²) in [7, 11) is 3.18. The number of aliphatic imine (C=N–C) groups is 1. The Kier molecular flexibility index (Phi) is 7.61. The molecule has 0 unspecified atom stereocenters. The van der Waals surface area contributed by atoms with Gasteiger partial charge in [0.15, 0.2) is 5.96 Å². The van der Waals surface area contributed by atoms with Crippen molar-refractivity contribution in [2.24, 2.45) is 4.99 Å². The summed E-state index contributed by atoms with van der Waals surface area (Å²) in [6.07, 6.45) is 0.829. The van der Waals surface area contributed by atoms with Crippen molar-refractivity contribution in [2.75, 3.05) is 45.2 Å². The second-order valence-electron chi connectivity index (χ2n) is 6.57. The highest BCUT2D eigenvalue weighted by molar-refractivity contribution is 7.09. The molecule has 30 heavy (non-hydrogen) atoms. The highest BCUT2D eigenvalue weighted by Gasteiger charge is 2.22. The number of rotatable bonds is 7. The third kappa shape index (κ3) is 5.47. The molecule has 3 rings (SSSR count). The van der Waals surface area contributed by atoms with E-state index in [0.29, 0.717) is 23.8 Å². The number of nitrogens with zero attached hydrogens (tertiary/aromatic N) is 5. The first-order chi connectivity index (χ1) is 14.5. The van der Waals surface area contributed by atoms with Gasteiger partial charge in [0.1, 0.15) is 17.3 Å². The van der Waals surface area contributed by atoms with Gasteiger partial charge < -0.3 is 24.6 Å². The molecule has 0 aliphatic carbocycles. The fourth-order valence-corrected chi connectivity index (χ4v) is 3.95. The number of alkyl halides is 2. The van der Waals surface area contributed by atoms with Crippen LogP contribution in [-0.2, 0) is 13.0 Å². The van der Waals surface area contributed by atoms with Crippen molar-refractivity contribution in [3.63, 3.8) is 0 Å². The highest BCUT2D eigenvalue weighted by atomic mass is 32.1. The number of ether oxygens (including phenoxy) is 2. The molecule has 1 aromatic carbocycles. The lowest BCUT2D eigenvalue weighted by atomic mass is 10.2. The fraction of sp³-hybridized carbons (Fsp3) is 0.526. The molecule has 1 N–H and O–H groups in total. The number of aromatic nitrogens is 2. The van der Waals surface area contributed by atoms with Crippen LogP contribution in [0.15, 0.2) is 23.2 Å². The van der Waals surface area contributed by atoms with E-state index >= 15 is 0 Å². The molecule has 164 valence electrons. The summed E-state index contributed by atoms with van der Waals surface area (Å²) in [6, 6.07) is 4.87. The van der Waals surface area contributed by atoms with E-state index in [1.807, 2.05) is 6.92 Å². The van der Waals surface area contributed by atoms with Crippen molar-refractivity contribution in [3.05, 3.63) is 29.6 Å². The summed E-state index contributed by atoms with van der Waals surface area (Å²) in [6.45, 7) is 2.59. The molecule has 2 aromatic rings. The van der Waals surface area contributed by atoms with Crippen molar-refractivity contribution in [1.82, 2.24) is 19.6 Å². The monoisotopic (exact) mass is 440 g/mol. The van der Waals surface area contributed by atoms with Gasteiger partial charge in [-0.15, -0.1) is 0 Å². The average Bonchev–Trinajstić information content (AvgIpc) is 3.24. The second kappa shape index (κ2) is 10.4. The molecule has 0 atom stereocenters. The normalized spacial score (nSPS) is 14.9. The minimum absolute atomic E-state index is 0.0834. The number of aryl methyl sites for hydroxylation is 1. The summed E-state index contributed by atoms with van der Waals surface area (Å²) < 4.78 is 39.6. The maximum atomic E-state index is 12.8. The molecule has 1 fully saturated rings. The molecule has 1 aliphatic rings. The first-order valence-electron chi connectivity index (χ1n) is 9.68. The van der Waals surface area contributed by atoms with Crippen molar-refractivity contribution in [2.45, 2.75) is 26.5 Å². The number of methoxy groups -OCH3 is 1. The molecule has 1 aromatic heterocycles. The minimum atomic E-state index is -2.91. The number of anilines is 1. The molecular formula is C19H26F2N6O2S. The number of halogens is 2. The minimum Gasteiger partial charge on any atom is -0.497 e. The lowest BCUT2D eigenvalue weighted by Crippen LogP contribution is -2.52. The van der Waals surface area contributed by atoms with E-state index in [-0.39, 0.29) is 5.75 Å². The number of hydrogen-bond donors (Lipinski definition) is 1. The van der Waals surface area contributed by atoms with Crippen LogP contribution in [0.3, 0.4) is 0 Å². The summed E-state index contributed by atoms with van der Waals surface area (Å²) in [5.41, 5.74) is 0.594. The smallest absolute Gasteiger partial charge is 0.387 e. The van der Waals surface area contributed by atoms with Gasteiger partial charge in [-0.1, -0.05) is 6.92 Å². The van der Waals surface area contributed by atoms with E-state index in [9.17, 15) is 8.78 Å². The molecular weight excluding hydrogens is 414 g/mol. The molecule has 2 heterocycles. The second-order valence-corrected chi connectivity index (χ2v) is 7.30. The predicted octanol–water partition coefficient (Wildman–Crippen LogP) is 2.61. The Morgan fingerprint density at radius 3 is 2.67 bits per heavy atom. The van der Waals surface area contributed by atoms with Gasteiger partial charge in [-0.3, -0.25) is 4.99 Å². The van der Waals surface area contributed by atoms with Gasteiger partial charge in [-0.05, 0) is 12.1 Å². The van der Waals surface area contributed by atoms with Crippen LogP contribution in [-0.4, -0.2) is 67.2 Å². The van der Waals surface area contributed by atoms with Gasteiger partial charge in [0.25, 0.3) is 0 Å². The zero-order valence-corrected chi connectivity index (χ0v) is 18.1. The van der Waals surface area contributed by atoms with Crippen LogP contribution in [0.4, 0.5) is 13.9 Å². The first kappa shape index (κ1) is 22.0. The molecule has 1 aliphatic heterocycles. The van der Waals surface area contributed by atoms with Crippen LogP contribution in [0.1, 0.15) is 18.3 Å². The number of guanidine groups is 1. The maximum Gasteiger partial charge on any atom is 0.387 e. The van der Waals surface area contributed by atoms with Gasteiger partial charge in [0.2, 0.25) is 5.13 Å². The topological polar surface area (TPSA) is 75.1 Å². The maximum absolute atomic E-state index is 12.8. The van der Waals surface area contributed by atoms with E-state index in [0.717, 1.165) is 43.6 Å². The quantitative estimate of drug-likeness (QED) is 0.524. The zero-order valence-electron chi connectivity index (χ0n) is 17.3. The van der Waals surface area contributed by atoms with E-state index in [1.165, 1.54) is 24.7 Å². The molecule has 0 saturated carbocycles. The van der Waals surface area contributed by atoms with Gasteiger partial charge in [-0.25, -0.2) is 4.98 Å². The van der Waals surface area contributed by atoms with Crippen LogP contribution in [0.2, 0.25) is 0 Å². The molecule has 1 saturated heterocycles. The van der Waals surface area contributed by atoms with Crippen LogP contribution in [0.25, 0.3) is 0 Å². The van der Waals surface area contributed by atoms with Crippen molar-refractivity contribution >= 4 is 22.6 Å². The predicted molar refractivity (Wildman–Crippen MR) is 113 cm³/mol. The highest BCUT2D eigenvalue weighted by Crippen LogP contribution is 2.26. The van der Waals surface area contributed by atoms with E-state index in [4.69, 9.17) is 4.74 Å². The van der Waals surface area contributed by atoms with E-state index in [2.05, 4.69) is 34.2 Å². The lowest BCUT2D eigenvalue weighted by molar-refractivity contribution is -0.0505. The Bertz CT molecular complexity index is 855. The lowest BCUT2D eigenvalue weighted by Gasteiger charge is -2.36. The Morgan fingerprint density at radius 2 is 2.07 bits per heavy atom. The Morgan fingerprint density at radius 1 is 1.30 bits per heavy atom. The Balaban J connectivity index is 1.59. The Labute approximate surface area is 178 Å². The van der Waals surface area contributed by atoms with Gasteiger partial charge >= 0.3 is 6.61 Å². The summed E-state index contributed by atoms with van der Waals surface area (Å²) in [5, 5.41) is 4.19. The number of hydrogen-bond acceptors (Lipinski definition) is 7. The molecule has 0 spiro atoms. The first-order valence-corrected chi connectivity index (χ1v) is 10.5. The van der Waals surface area contributed by atoms with E-state index in [1.54, 1.807) is 19.2 Å². The number of nitrogens with one attached hydrogen (secondary N) is 1. The number of piperazine rings is 1. The summed E-state index contributed by atoms with van der Waals surface area (Å²) in [4.78, 5) is 13.2. The molecule has 0 radical (unpaired) electrons. The van der Waals surface area contributed by atoms with Crippen LogP contribution >= 0.6 is 11.5 Å². The fourth-order valence-electron chi connectivity index (χ4n) is 3.15. The largest absolute Gasteiger partial charge is 0.497 e. The third-order valence-corrected chi connectivity index (χ3v) is 5.58. The van der Waals surface area contributed by atoms with Crippen molar-refractivity contribution in [1.29, 1.82) is 0 Å². The van der Waals surface area contributed by atoms with Gasteiger partial charge in [0, 0.05) is 69.4 Å². The molecule has 0 bridgehead atoms. The van der Waals surface area contributed by atoms with Crippen LogP contribution < -0.4 is 19.7 Å².